The van der Waals surface area contributed by atoms with Gasteiger partial charge in [-0.2, -0.15) is 0 Å². The van der Waals surface area contributed by atoms with Crippen LogP contribution in [0.5, 0.6) is 0 Å². The molecule has 2 aromatic heterocycles. The number of aromatic nitrogens is 2. The summed E-state index contributed by atoms with van der Waals surface area (Å²) in [4.78, 5) is 20.8. The Morgan fingerprint density at radius 2 is 2.28 bits per heavy atom. The molecule has 5 nitrogen and oxygen atoms in total. The van der Waals surface area contributed by atoms with Gasteiger partial charge in [0, 0.05) is 18.0 Å². The normalized spacial score (nSPS) is 10.7. The molecular formula is C12H14N4OS. The predicted octanol–water partition coefficient (Wildman–Crippen LogP) is 1.93. The van der Waals surface area contributed by atoms with Crippen molar-refractivity contribution in [1.29, 1.82) is 0 Å². The van der Waals surface area contributed by atoms with Crippen molar-refractivity contribution in [3.63, 3.8) is 0 Å². The minimum atomic E-state index is -0.300. The van der Waals surface area contributed by atoms with Crippen LogP contribution >= 0.6 is 11.3 Å². The van der Waals surface area contributed by atoms with E-state index < -0.39 is 0 Å². The van der Waals surface area contributed by atoms with Gasteiger partial charge in [-0.25, -0.2) is 10.8 Å². The summed E-state index contributed by atoms with van der Waals surface area (Å²) in [7, 11) is 0. The van der Waals surface area contributed by atoms with E-state index in [1.165, 1.54) is 11.3 Å². The molecule has 0 spiro atoms. The quantitative estimate of drug-likeness (QED) is 0.503. The summed E-state index contributed by atoms with van der Waals surface area (Å²) in [5.74, 6) is 5.05. The van der Waals surface area contributed by atoms with Crippen molar-refractivity contribution in [2.45, 2.75) is 19.8 Å². The van der Waals surface area contributed by atoms with Crippen molar-refractivity contribution in [3.05, 3.63) is 35.1 Å². The highest BCUT2D eigenvalue weighted by atomic mass is 32.1. The lowest BCUT2D eigenvalue weighted by Gasteiger charge is -2.02. The molecule has 0 fully saturated rings. The van der Waals surface area contributed by atoms with E-state index in [2.05, 4.69) is 15.4 Å². The molecule has 0 aliphatic heterocycles. The van der Waals surface area contributed by atoms with Crippen LogP contribution in [0.15, 0.2) is 24.5 Å². The largest absolute Gasteiger partial charge is 0.289 e. The first-order valence-corrected chi connectivity index (χ1v) is 6.37. The van der Waals surface area contributed by atoms with E-state index in [-0.39, 0.29) is 11.8 Å². The summed E-state index contributed by atoms with van der Waals surface area (Å²) in [6, 6.07) is 3.76. The number of nitrogen functional groups attached to an aromatic ring is 1. The highest BCUT2D eigenvalue weighted by molar-refractivity contribution is 7.17. The van der Waals surface area contributed by atoms with Gasteiger partial charge in [-0.3, -0.25) is 15.2 Å². The van der Waals surface area contributed by atoms with Crippen LogP contribution in [0.4, 0.5) is 0 Å². The van der Waals surface area contributed by atoms with Gasteiger partial charge in [0.15, 0.2) is 0 Å². The maximum atomic E-state index is 11.7. The van der Waals surface area contributed by atoms with E-state index in [9.17, 15) is 4.79 Å². The molecule has 0 atom stereocenters. The van der Waals surface area contributed by atoms with E-state index in [1.54, 1.807) is 12.4 Å². The highest BCUT2D eigenvalue weighted by Gasteiger charge is 2.20. The Kier molecular flexibility index (Phi) is 3.69. The van der Waals surface area contributed by atoms with Crippen molar-refractivity contribution >= 4 is 17.2 Å². The number of nitrogens with zero attached hydrogens (tertiary/aromatic N) is 2. The number of pyridine rings is 1. The zero-order valence-electron chi connectivity index (χ0n) is 10.2. The molecule has 2 aromatic rings. The van der Waals surface area contributed by atoms with Crippen LogP contribution in [-0.4, -0.2) is 15.9 Å². The number of nitrogens with one attached hydrogen (secondary N) is 1. The molecule has 0 aromatic carbocycles. The third-order valence-corrected chi connectivity index (χ3v) is 3.57. The van der Waals surface area contributed by atoms with E-state index in [1.807, 2.05) is 26.0 Å². The second kappa shape index (κ2) is 5.24. The molecule has 0 aliphatic rings. The van der Waals surface area contributed by atoms with Crippen LogP contribution < -0.4 is 11.3 Å². The van der Waals surface area contributed by atoms with Gasteiger partial charge in [0.1, 0.15) is 9.88 Å². The summed E-state index contributed by atoms with van der Waals surface area (Å²) < 4.78 is 0. The zero-order valence-corrected chi connectivity index (χ0v) is 11.0. The summed E-state index contributed by atoms with van der Waals surface area (Å²) in [6.07, 6.45) is 3.43. The monoisotopic (exact) mass is 262 g/mol. The highest BCUT2D eigenvalue weighted by Crippen LogP contribution is 2.31. The molecule has 0 radical (unpaired) electrons. The second-order valence-electron chi connectivity index (χ2n) is 4.10. The Bertz CT molecular complexity index is 550. The van der Waals surface area contributed by atoms with Gasteiger partial charge in [0.2, 0.25) is 0 Å². The number of hydrogen-bond donors (Lipinski definition) is 2. The molecule has 94 valence electrons. The standard InChI is InChI=1S/C12H14N4OS/c1-7(2)9-10(11(17)16-13)18-12(15-9)8-4-3-5-14-6-8/h3-7H,13H2,1-2H3,(H,16,17). The number of carbonyl (C=O) groups is 1. The average Bonchev–Trinajstić information content (AvgIpc) is 2.84. The minimum absolute atomic E-state index is 0.166. The van der Waals surface area contributed by atoms with Crippen LogP contribution in [0.3, 0.4) is 0 Å². The van der Waals surface area contributed by atoms with Crippen molar-refractivity contribution in [1.82, 2.24) is 15.4 Å². The molecular weight excluding hydrogens is 248 g/mol. The molecule has 0 aliphatic carbocycles. The fraction of sp³-hybridized carbons (Fsp3) is 0.250. The maximum absolute atomic E-state index is 11.7. The molecule has 3 N–H and O–H groups in total. The molecule has 18 heavy (non-hydrogen) atoms. The zero-order chi connectivity index (χ0) is 13.1. The van der Waals surface area contributed by atoms with Crippen molar-refractivity contribution in [3.8, 4) is 10.6 Å². The minimum Gasteiger partial charge on any atom is -0.289 e. The first-order chi connectivity index (χ1) is 8.63. The van der Waals surface area contributed by atoms with Crippen LogP contribution in [0.1, 0.15) is 35.1 Å². The lowest BCUT2D eigenvalue weighted by atomic mass is 10.1. The Hall–Kier alpha value is -1.79. The molecule has 6 heteroatoms. The van der Waals surface area contributed by atoms with Gasteiger partial charge >= 0.3 is 0 Å². The lowest BCUT2D eigenvalue weighted by molar-refractivity contribution is 0.0956. The fourth-order valence-corrected chi connectivity index (χ4v) is 2.68. The average molecular weight is 262 g/mol. The number of hydrazine groups is 1. The molecule has 2 rings (SSSR count). The molecule has 0 unspecified atom stereocenters. The van der Waals surface area contributed by atoms with Crippen molar-refractivity contribution in [2.24, 2.45) is 5.84 Å². The smallest absolute Gasteiger partial charge is 0.277 e. The van der Waals surface area contributed by atoms with Gasteiger partial charge in [-0.1, -0.05) is 13.8 Å². The van der Waals surface area contributed by atoms with Gasteiger partial charge in [0.25, 0.3) is 5.91 Å². The number of carbonyl (C=O) groups excluding carboxylic acids is 1. The van der Waals surface area contributed by atoms with Crippen LogP contribution in [0.25, 0.3) is 10.6 Å². The Balaban J connectivity index is 2.49. The van der Waals surface area contributed by atoms with Crippen LogP contribution in [0, 0.1) is 0 Å². The molecule has 2 heterocycles. The molecule has 1 amide bonds. The van der Waals surface area contributed by atoms with Gasteiger partial charge < -0.3 is 0 Å². The summed E-state index contributed by atoms with van der Waals surface area (Å²) >= 11 is 1.33. The fourth-order valence-electron chi connectivity index (χ4n) is 1.56. The number of rotatable bonds is 3. The molecule has 0 saturated heterocycles. The third kappa shape index (κ3) is 2.39. The first kappa shape index (κ1) is 12.7. The van der Waals surface area contributed by atoms with Crippen LogP contribution in [0.2, 0.25) is 0 Å². The predicted molar refractivity (Wildman–Crippen MR) is 71.1 cm³/mol. The number of hydrogen-bond acceptors (Lipinski definition) is 5. The topological polar surface area (TPSA) is 80.9 Å². The van der Waals surface area contributed by atoms with Crippen molar-refractivity contribution in [2.75, 3.05) is 0 Å². The van der Waals surface area contributed by atoms with Gasteiger partial charge in [-0.15, -0.1) is 11.3 Å². The van der Waals surface area contributed by atoms with E-state index in [0.29, 0.717) is 4.88 Å². The van der Waals surface area contributed by atoms with Crippen LogP contribution in [-0.2, 0) is 0 Å². The van der Waals surface area contributed by atoms with Crippen molar-refractivity contribution < 1.29 is 4.79 Å². The maximum Gasteiger partial charge on any atom is 0.277 e. The molecule has 0 bridgehead atoms. The lowest BCUT2D eigenvalue weighted by Crippen LogP contribution is -2.30. The number of nitrogens with two attached hydrogens (primary N) is 1. The Morgan fingerprint density at radius 3 is 2.83 bits per heavy atom. The van der Waals surface area contributed by atoms with E-state index >= 15 is 0 Å². The second-order valence-corrected chi connectivity index (χ2v) is 5.10. The van der Waals surface area contributed by atoms with Gasteiger partial charge in [-0.05, 0) is 18.1 Å². The van der Waals surface area contributed by atoms with Gasteiger partial charge in [0.05, 0.1) is 5.69 Å². The summed E-state index contributed by atoms with van der Waals surface area (Å²) in [5.41, 5.74) is 3.83. The Morgan fingerprint density at radius 1 is 1.50 bits per heavy atom. The summed E-state index contributed by atoms with van der Waals surface area (Å²) in [6.45, 7) is 3.99. The SMILES string of the molecule is CC(C)c1nc(-c2cccnc2)sc1C(=O)NN. The first-order valence-electron chi connectivity index (χ1n) is 5.55. The molecule has 0 saturated carbocycles. The van der Waals surface area contributed by atoms with E-state index in [0.717, 1.165) is 16.3 Å². The van der Waals surface area contributed by atoms with E-state index in [4.69, 9.17) is 5.84 Å². The Labute approximate surface area is 109 Å². The third-order valence-electron chi connectivity index (χ3n) is 2.45. The number of thiazole rings is 1. The summed E-state index contributed by atoms with van der Waals surface area (Å²) in [5, 5.41) is 0.783. The number of amides is 1.